The standard InChI is InChI=1S/C28H39FO9/c1-13-8-17-16-5-4-14-9-15(31)6-7-27(14,3)28(16,29)20(33)10-26(17,2)21(13)18(32)12-37-25-24(36)23(35)22(34)19(11-30)38-25/h6-7,9,13,16-17,19-25,30,33-36H,4-5,8,10-12H2,1-3H3/t13?,16-,17-,19+,20?,21+,22-,23-,24+,25+,26-,27-,28?/m0/s1. The third-order valence-electron chi connectivity index (χ3n) is 10.6. The summed E-state index contributed by atoms with van der Waals surface area (Å²) < 4.78 is 28.1. The lowest BCUT2D eigenvalue weighted by Gasteiger charge is -2.62. The van der Waals surface area contributed by atoms with Crippen molar-refractivity contribution < 1.29 is 49.0 Å². The van der Waals surface area contributed by atoms with Crippen LogP contribution in [0.1, 0.15) is 46.5 Å². The predicted octanol–water partition coefficient (Wildman–Crippen LogP) is 0.605. The van der Waals surface area contributed by atoms with Gasteiger partial charge in [0.1, 0.15) is 31.0 Å². The maximum Gasteiger partial charge on any atom is 0.187 e. The van der Waals surface area contributed by atoms with E-state index >= 15 is 4.39 Å². The van der Waals surface area contributed by atoms with Crippen molar-refractivity contribution >= 4 is 11.6 Å². The van der Waals surface area contributed by atoms with Crippen LogP contribution in [0.15, 0.2) is 23.8 Å². The van der Waals surface area contributed by atoms with Crippen LogP contribution >= 0.6 is 0 Å². The average Bonchev–Trinajstić information content (AvgIpc) is 3.13. The van der Waals surface area contributed by atoms with Crippen LogP contribution in [0.2, 0.25) is 0 Å². The van der Waals surface area contributed by atoms with Gasteiger partial charge in [-0.2, -0.15) is 0 Å². The van der Waals surface area contributed by atoms with Crippen LogP contribution in [0.3, 0.4) is 0 Å². The highest BCUT2D eigenvalue weighted by atomic mass is 19.1. The fourth-order valence-electron chi connectivity index (χ4n) is 8.72. The molecular formula is C28H39FO9. The Kier molecular flexibility index (Phi) is 7.03. The molecule has 0 aromatic rings. The highest BCUT2D eigenvalue weighted by Gasteiger charge is 2.71. The van der Waals surface area contributed by atoms with E-state index in [1.165, 1.54) is 12.2 Å². The highest BCUT2D eigenvalue weighted by molar-refractivity contribution is 6.01. The zero-order valence-corrected chi connectivity index (χ0v) is 22.0. The zero-order valence-electron chi connectivity index (χ0n) is 22.0. The van der Waals surface area contributed by atoms with Crippen LogP contribution in [0, 0.1) is 34.5 Å². The van der Waals surface area contributed by atoms with Crippen molar-refractivity contribution in [3.8, 4) is 0 Å². The van der Waals surface area contributed by atoms with E-state index in [0.29, 0.717) is 24.8 Å². The van der Waals surface area contributed by atoms with Gasteiger partial charge < -0.3 is 35.0 Å². The number of ether oxygens (including phenoxy) is 2. The van der Waals surface area contributed by atoms with Gasteiger partial charge >= 0.3 is 0 Å². The smallest absolute Gasteiger partial charge is 0.187 e. The van der Waals surface area contributed by atoms with Crippen LogP contribution in [0.25, 0.3) is 0 Å². The molecule has 1 saturated heterocycles. The number of carbonyl (C=O) groups excluding carboxylic acids is 2. The molecular weight excluding hydrogens is 499 g/mol. The summed E-state index contributed by atoms with van der Waals surface area (Å²) in [6.07, 6.45) is -2.47. The molecule has 1 heterocycles. The molecule has 10 heteroatoms. The molecule has 13 atom stereocenters. The molecule has 9 nitrogen and oxygen atoms in total. The zero-order chi connectivity index (χ0) is 27.8. The van der Waals surface area contributed by atoms with Crippen LogP contribution in [-0.4, -0.2) is 92.8 Å². The number of aliphatic hydroxyl groups is 5. The molecule has 0 bridgehead atoms. The number of aliphatic hydroxyl groups excluding tert-OH is 5. The van der Waals surface area contributed by atoms with Gasteiger partial charge in [-0.25, -0.2) is 4.39 Å². The van der Waals surface area contributed by atoms with Crippen molar-refractivity contribution in [1.29, 1.82) is 0 Å². The molecule has 5 aliphatic rings. The molecule has 5 rings (SSSR count). The van der Waals surface area contributed by atoms with E-state index in [4.69, 9.17) is 9.47 Å². The summed E-state index contributed by atoms with van der Waals surface area (Å²) in [5.74, 6) is -1.76. The van der Waals surface area contributed by atoms with Crippen molar-refractivity contribution in [1.82, 2.24) is 0 Å². The molecule has 4 aliphatic carbocycles. The fourth-order valence-corrected chi connectivity index (χ4v) is 8.72. The molecule has 0 aromatic carbocycles. The molecule has 1 aliphatic heterocycles. The second kappa shape index (κ2) is 9.54. The summed E-state index contributed by atoms with van der Waals surface area (Å²) in [5.41, 5.74) is -3.05. The van der Waals surface area contributed by atoms with Gasteiger partial charge in [0.05, 0.1) is 12.7 Å². The third kappa shape index (κ3) is 3.83. The molecule has 0 radical (unpaired) electrons. The molecule has 3 unspecified atom stereocenters. The van der Waals surface area contributed by atoms with E-state index < -0.39 is 78.4 Å². The molecule has 212 valence electrons. The summed E-state index contributed by atoms with van der Waals surface area (Å²) in [6.45, 7) is 4.59. The predicted molar refractivity (Wildman–Crippen MR) is 131 cm³/mol. The maximum absolute atomic E-state index is 17.2. The van der Waals surface area contributed by atoms with Crippen LogP contribution < -0.4 is 0 Å². The van der Waals surface area contributed by atoms with E-state index in [-0.39, 0.29) is 29.8 Å². The first-order chi connectivity index (χ1) is 17.8. The molecule has 38 heavy (non-hydrogen) atoms. The van der Waals surface area contributed by atoms with Gasteiger partial charge in [0.25, 0.3) is 0 Å². The molecule has 0 amide bonds. The average molecular weight is 539 g/mol. The summed E-state index contributed by atoms with van der Waals surface area (Å²) in [7, 11) is 0. The minimum absolute atomic E-state index is 0.0795. The Morgan fingerprint density at radius 1 is 1.16 bits per heavy atom. The van der Waals surface area contributed by atoms with Gasteiger partial charge in [0.2, 0.25) is 0 Å². The minimum Gasteiger partial charge on any atom is -0.394 e. The van der Waals surface area contributed by atoms with Crippen LogP contribution in [-0.2, 0) is 19.1 Å². The molecule has 5 N–H and O–H groups in total. The number of halogens is 1. The molecule has 0 spiro atoms. The first kappa shape index (κ1) is 28.0. The Morgan fingerprint density at radius 3 is 2.55 bits per heavy atom. The quantitative estimate of drug-likeness (QED) is 0.339. The summed E-state index contributed by atoms with van der Waals surface area (Å²) >= 11 is 0. The third-order valence-corrected chi connectivity index (χ3v) is 10.6. The van der Waals surface area contributed by atoms with Gasteiger partial charge in [0, 0.05) is 17.3 Å². The molecule has 0 aromatic heterocycles. The maximum atomic E-state index is 17.2. The van der Waals surface area contributed by atoms with Crippen LogP contribution in [0.5, 0.6) is 0 Å². The van der Waals surface area contributed by atoms with E-state index in [1.54, 1.807) is 13.0 Å². The summed E-state index contributed by atoms with van der Waals surface area (Å²) in [6, 6.07) is 0. The first-order valence-corrected chi connectivity index (χ1v) is 13.6. The van der Waals surface area contributed by atoms with Gasteiger partial charge in [-0.15, -0.1) is 0 Å². The van der Waals surface area contributed by atoms with Gasteiger partial charge in [-0.1, -0.05) is 25.5 Å². The normalized spacial score (nSPS) is 52.1. The molecule has 3 saturated carbocycles. The number of alkyl halides is 1. The molecule has 4 fully saturated rings. The number of rotatable bonds is 5. The SMILES string of the molecule is CC1C[C@H]2[C@@H]3CCC4=CC(=O)C=C[C@]4(C)C3(F)C(O)C[C@]2(C)[C@H]1C(=O)CO[C@@H]1O[C@H](CO)[C@H](O)[C@H](O)[C@H]1O. The minimum atomic E-state index is -1.97. The Balaban J connectivity index is 1.36. The van der Waals surface area contributed by atoms with E-state index in [0.717, 1.165) is 0 Å². The fraction of sp³-hybridized carbons (Fsp3) is 0.786. The second-order valence-corrected chi connectivity index (χ2v) is 12.5. The summed E-state index contributed by atoms with van der Waals surface area (Å²) in [5, 5.41) is 51.1. The number of hydrogen-bond acceptors (Lipinski definition) is 9. The van der Waals surface area contributed by atoms with Crippen molar-refractivity contribution in [3.63, 3.8) is 0 Å². The number of ketones is 2. The van der Waals surface area contributed by atoms with E-state index in [9.17, 15) is 35.1 Å². The lowest BCUT2D eigenvalue weighted by molar-refractivity contribution is -0.299. The van der Waals surface area contributed by atoms with Crippen molar-refractivity contribution in [2.45, 2.75) is 88.9 Å². The van der Waals surface area contributed by atoms with Crippen molar-refractivity contribution in [3.05, 3.63) is 23.8 Å². The number of fused-ring (bicyclic) bond motifs is 5. The Bertz CT molecular complexity index is 1040. The van der Waals surface area contributed by atoms with Crippen LogP contribution in [0.4, 0.5) is 4.39 Å². The lowest BCUT2D eigenvalue weighted by atomic mass is 9.45. The highest BCUT2D eigenvalue weighted by Crippen LogP contribution is 2.69. The van der Waals surface area contributed by atoms with Crippen molar-refractivity contribution in [2.24, 2.45) is 34.5 Å². The van der Waals surface area contributed by atoms with Gasteiger partial charge in [-0.3, -0.25) is 9.59 Å². The van der Waals surface area contributed by atoms with E-state index in [2.05, 4.69) is 0 Å². The monoisotopic (exact) mass is 538 g/mol. The largest absolute Gasteiger partial charge is 0.394 e. The van der Waals surface area contributed by atoms with Gasteiger partial charge in [-0.05, 0) is 62.0 Å². The number of allylic oxidation sites excluding steroid dienone is 4. The number of Topliss-reactive ketones (excluding diaryl/α,β-unsaturated/α-hetero) is 1. The number of hydrogen-bond donors (Lipinski definition) is 5. The topological polar surface area (TPSA) is 154 Å². The number of carbonyl (C=O) groups is 2. The van der Waals surface area contributed by atoms with Gasteiger partial charge in [0.15, 0.2) is 23.5 Å². The Labute approximate surface area is 221 Å². The lowest BCUT2D eigenvalue weighted by Crippen LogP contribution is -2.66. The van der Waals surface area contributed by atoms with Crippen molar-refractivity contribution in [2.75, 3.05) is 13.2 Å². The van der Waals surface area contributed by atoms with E-state index in [1.807, 2.05) is 13.8 Å². The second-order valence-electron chi connectivity index (χ2n) is 12.5. The summed E-state index contributed by atoms with van der Waals surface area (Å²) in [4.78, 5) is 25.6. The first-order valence-electron chi connectivity index (χ1n) is 13.6. The Morgan fingerprint density at radius 2 is 1.87 bits per heavy atom. The Hall–Kier alpha value is -1.53.